The van der Waals surface area contributed by atoms with Gasteiger partial charge in [-0.1, -0.05) is 86.9 Å². The number of aliphatic carboxylic acids is 1. The van der Waals surface area contributed by atoms with Crippen LogP contribution in [0, 0.1) is 11.6 Å². The van der Waals surface area contributed by atoms with Crippen LogP contribution in [0.3, 0.4) is 0 Å². The number of carbonyl (C=O) groups excluding carboxylic acids is 3. The van der Waals surface area contributed by atoms with Gasteiger partial charge in [0.05, 0.1) is 31.5 Å². The highest BCUT2D eigenvalue weighted by Crippen LogP contribution is 2.34. The lowest BCUT2D eigenvalue weighted by atomic mass is 10.0. The molecule has 91 heavy (non-hydrogen) atoms. The molecular weight excluding hydrogens is 1170 g/mol. The Labute approximate surface area is 533 Å². The molecule has 5 aliphatic rings. The molecule has 2 aromatic carbocycles. The molecule has 4 amide bonds. The number of halogens is 2. The fraction of sp³-hybridized carbons (Fsp3) is 0.600. The minimum Gasteiger partial charge on any atom is -0.505 e. The standard InChI is InChI=1S/C25H31FN4O4.C24H28FN7O4.C11H23N3O.C4H8O.CH4/c1-2-34-23(32)16-21(18-8-10-22(31)20(26)15-18)30-14-13-29(25(30)33)12-4-6-19-9-7-17-5-3-11-27-24(17)28-19;25-19-13-17(6-8-21(19)36-15-28-30-26)20(14-22(33)34)32-12-11-31(24(32)35)10-2-4-18-7-5-16-3-1-9-27-23(16)29-18;12-14-13-10-8-6-4-2-1-3-5-7-9-11-15;1-2-4-5-3-1;/h7-10,15,21,31H,2-6,11-14,16H2,1H3,(H,27,28);5-8,13,20H,1-4,9-12,14-15H2,(H,27,29)(H,33,34);15H,1-11H2;1-4H2;1H4/t21-;20-;;;/m00.../s1. The van der Waals surface area contributed by atoms with E-state index in [2.05, 4.69) is 48.9 Å². The zero-order chi connectivity index (χ0) is 64.3. The number of urea groups is 2. The number of hydrogen-bond donors (Lipinski definition) is 5. The van der Waals surface area contributed by atoms with Crippen molar-refractivity contribution in [2.45, 2.75) is 161 Å². The number of carboxylic acids is 1. The van der Waals surface area contributed by atoms with Crippen molar-refractivity contribution in [1.82, 2.24) is 29.6 Å². The van der Waals surface area contributed by atoms with Crippen LogP contribution < -0.4 is 15.4 Å². The van der Waals surface area contributed by atoms with Gasteiger partial charge in [0.25, 0.3) is 0 Å². The van der Waals surface area contributed by atoms with E-state index in [4.69, 9.17) is 40.3 Å². The summed E-state index contributed by atoms with van der Waals surface area (Å²) in [6, 6.07) is 14.3. The van der Waals surface area contributed by atoms with Crippen LogP contribution >= 0.6 is 0 Å². The SMILES string of the molecule is C.C1CCOC1.CCOC(=O)C[C@@H](c1ccc(O)c(F)c1)N1CCN(CCCc2ccc3c(n2)NCCC3)C1=O.[N-]=[N+]=NCCCCCCCCCCCO.[N-]=[N+]=NCOc1ccc([C@H](CC(=O)O)N2CCN(CCCc3ccc4c(n3)NCCC4)C2=O)cc1F. The highest BCUT2D eigenvalue weighted by Gasteiger charge is 2.37. The summed E-state index contributed by atoms with van der Waals surface area (Å²) in [6.07, 6.45) is 20.1. The van der Waals surface area contributed by atoms with Crippen LogP contribution in [0.15, 0.2) is 70.9 Å². The second-order valence-electron chi connectivity index (χ2n) is 22.5. The minimum atomic E-state index is -1.09. The summed E-state index contributed by atoms with van der Waals surface area (Å²) >= 11 is 0. The molecule has 498 valence electrons. The Morgan fingerprint density at radius 2 is 1.20 bits per heavy atom. The minimum absolute atomic E-state index is 0. The number of aromatic nitrogens is 2. The number of phenolic OH excluding ortho intramolecular Hbond substituents is 1. The highest BCUT2D eigenvalue weighted by atomic mass is 19.1. The molecule has 3 saturated heterocycles. The Bertz CT molecular complexity index is 3000. The predicted octanol–water partition coefficient (Wildman–Crippen LogP) is 13.0. The number of amides is 4. The molecule has 4 aromatic rings. The van der Waals surface area contributed by atoms with Crippen LogP contribution in [0.1, 0.15) is 169 Å². The Kier molecular flexibility index (Phi) is 33.3. The number of esters is 1. The third-order valence-corrected chi connectivity index (χ3v) is 16.0. The lowest BCUT2D eigenvalue weighted by molar-refractivity contribution is -0.144. The van der Waals surface area contributed by atoms with Crippen molar-refractivity contribution < 1.29 is 57.5 Å². The number of pyridine rings is 2. The van der Waals surface area contributed by atoms with Crippen molar-refractivity contribution in [3.05, 3.63) is 127 Å². The van der Waals surface area contributed by atoms with Gasteiger partial charge in [-0.2, -0.15) is 0 Å². The topological polar surface area (TPSA) is 317 Å². The van der Waals surface area contributed by atoms with Gasteiger partial charge in [-0.15, -0.1) is 0 Å². The van der Waals surface area contributed by atoms with Gasteiger partial charge in [0.15, 0.2) is 29.9 Å². The number of aryl methyl sites for hydroxylation is 4. The molecule has 3 fully saturated rings. The van der Waals surface area contributed by atoms with Gasteiger partial charge in [-0.05, 0) is 154 Å². The molecular formula is C65H94F2N14O10. The smallest absolute Gasteiger partial charge is 0.320 e. The van der Waals surface area contributed by atoms with Crippen LogP contribution in [0.25, 0.3) is 20.9 Å². The van der Waals surface area contributed by atoms with Crippen LogP contribution in [-0.2, 0) is 44.7 Å². The number of nitrogens with one attached hydrogen (secondary N) is 2. The quantitative estimate of drug-likeness (QED) is 0.0103. The summed E-state index contributed by atoms with van der Waals surface area (Å²) in [5, 5.41) is 40.9. The van der Waals surface area contributed by atoms with Gasteiger partial charge in [-0.3, -0.25) is 9.59 Å². The number of ether oxygens (including phenoxy) is 3. The number of aliphatic hydroxyl groups excluding tert-OH is 1. The molecule has 24 nitrogen and oxygen atoms in total. The number of aliphatic hydroxyl groups is 1. The fourth-order valence-corrected chi connectivity index (χ4v) is 11.3. The second kappa shape index (κ2) is 41.3. The maximum atomic E-state index is 14.5. The number of hydrogen-bond acceptors (Lipinski definition) is 15. The molecule has 0 unspecified atom stereocenters. The van der Waals surface area contributed by atoms with E-state index in [0.717, 1.165) is 126 Å². The number of carbonyl (C=O) groups is 4. The zero-order valence-electron chi connectivity index (χ0n) is 52.0. The summed E-state index contributed by atoms with van der Waals surface area (Å²) in [5.74, 6) is -1.76. The number of unbranched alkanes of at least 4 members (excludes halogenated alkanes) is 8. The number of fused-ring (bicyclic) bond motifs is 2. The van der Waals surface area contributed by atoms with Crippen LogP contribution in [0.2, 0.25) is 0 Å². The summed E-state index contributed by atoms with van der Waals surface area (Å²) in [4.78, 5) is 71.3. The van der Waals surface area contributed by atoms with E-state index >= 15 is 0 Å². The van der Waals surface area contributed by atoms with Gasteiger partial charge in [0.1, 0.15) is 11.6 Å². The molecule has 0 radical (unpaired) electrons. The maximum absolute atomic E-state index is 14.5. The lowest BCUT2D eigenvalue weighted by Gasteiger charge is -2.28. The largest absolute Gasteiger partial charge is 0.505 e. The second-order valence-corrected chi connectivity index (χ2v) is 22.5. The van der Waals surface area contributed by atoms with Crippen molar-refractivity contribution in [2.24, 2.45) is 10.2 Å². The number of benzene rings is 2. The van der Waals surface area contributed by atoms with Gasteiger partial charge in [-0.25, -0.2) is 28.3 Å². The third-order valence-electron chi connectivity index (χ3n) is 16.0. The Morgan fingerprint density at radius 3 is 1.68 bits per heavy atom. The molecule has 0 saturated carbocycles. The molecule has 0 aliphatic carbocycles. The maximum Gasteiger partial charge on any atom is 0.320 e. The van der Waals surface area contributed by atoms with Crippen molar-refractivity contribution >= 4 is 35.6 Å². The van der Waals surface area contributed by atoms with Crippen LogP contribution in [0.5, 0.6) is 11.5 Å². The van der Waals surface area contributed by atoms with Crippen LogP contribution in [-0.4, -0.2) is 161 Å². The Balaban J connectivity index is 0.000000253. The van der Waals surface area contributed by atoms with Crippen molar-refractivity contribution in [1.29, 1.82) is 0 Å². The molecule has 26 heteroatoms. The number of azide groups is 2. The number of aromatic hydroxyl groups is 1. The van der Waals surface area contributed by atoms with E-state index in [9.17, 15) is 38.2 Å². The first kappa shape index (κ1) is 73.6. The van der Waals surface area contributed by atoms with Gasteiger partial charge >= 0.3 is 24.0 Å². The predicted molar refractivity (Wildman–Crippen MR) is 344 cm³/mol. The average molecular weight is 1270 g/mol. The molecule has 0 bridgehead atoms. The molecule has 7 heterocycles. The first-order chi connectivity index (χ1) is 43.8. The fourth-order valence-electron chi connectivity index (χ4n) is 11.3. The Morgan fingerprint density at radius 1 is 0.681 bits per heavy atom. The zero-order valence-corrected chi connectivity index (χ0v) is 52.0. The van der Waals surface area contributed by atoms with E-state index in [1.54, 1.807) is 21.6 Å². The highest BCUT2D eigenvalue weighted by molar-refractivity contribution is 5.79. The number of phenols is 1. The van der Waals surface area contributed by atoms with Gasteiger partial charge in [0, 0.05) is 99.9 Å². The van der Waals surface area contributed by atoms with Gasteiger partial charge < -0.3 is 59.8 Å². The molecule has 2 aromatic heterocycles. The first-order valence-electron chi connectivity index (χ1n) is 31.9. The van der Waals surface area contributed by atoms with E-state index in [-0.39, 0.29) is 51.4 Å². The molecule has 0 spiro atoms. The number of anilines is 2. The van der Waals surface area contributed by atoms with Crippen molar-refractivity contribution in [3.63, 3.8) is 0 Å². The van der Waals surface area contributed by atoms with E-state index in [1.165, 1.54) is 97.7 Å². The lowest BCUT2D eigenvalue weighted by Crippen LogP contribution is -2.36. The molecule has 5 N–H and O–H groups in total. The first-order valence-corrected chi connectivity index (χ1v) is 31.9. The van der Waals surface area contributed by atoms with Gasteiger partial charge in [0.2, 0.25) is 0 Å². The van der Waals surface area contributed by atoms with Crippen LogP contribution in [0.4, 0.5) is 30.0 Å². The number of nitrogens with zero attached hydrogens (tertiary/aromatic N) is 12. The normalized spacial score (nSPS) is 15.2. The molecule has 2 atom stereocenters. The summed E-state index contributed by atoms with van der Waals surface area (Å²) in [5.41, 5.74) is 21.6. The summed E-state index contributed by atoms with van der Waals surface area (Å²) in [6.45, 7) is 9.25. The summed E-state index contributed by atoms with van der Waals surface area (Å²) < 4.78 is 43.6. The van der Waals surface area contributed by atoms with Crippen molar-refractivity contribution in [2.75, 3.05) is 103 Å². The Hall–Kier alpha value is -8.18. The average Bonchev–Trinajstić information content (AvgIpc) is 1.89. The number of rotatable bonds is 31. The van der Waals surface area contributed by atoms with E-state index in [1.807, 2.05) is 6.07 Å². The molecule has 9 rings (SSSR count). The van der Waals surface area contributed by atoms with Crippen molar-refractivity contribution in [3.8, 4) is 11.5 Å². The summed E-state index contributed by atoms with van der Waals surface area (Å²) in [7, 11) is 0. The number of carboxylic acid groups (broad SMARTS) is 1. The third kappa shape index (κ3) is 24.9. The monoisotopic (exact) mass is 1270 g/mol. The molecule has 5 aliphatic heterocycles. The van der Waals surface area contributed by atoms with E-state index in [0.29, 0.717) is 63.5 Å². The van der Waals surface area contributed by atoms with E-state index < -0.39 is 41.4 Å².